The van der Waals surface area contributed by atoms with Gasteiger partial charge >= 0.3 is 21.7 Å². The van der Waals surface area contributed by atoms with Gasteiger partial charge < -0.3 is 28.4 Å². The molecule has 264 valence electrons. The number of carbonyl (C=O) groups is 3. The number of benzene rings is 1. The first-order valence-corrected chi connectivity index (χ1v) is 18.2. The van der Waals surface area contributed by atoms with E-state index in [4.69, 9.17) is 18.7 Å². The number of carbonyl (C=O) groups excluding carboxylic acids is 3. The molecular weight excluding hydrogens is 697 g/mol. The van der Waals surface area contributed by atoms with Crippen LogP contribution in [0.25, 0.3) is 21.4 Å². The van der Waals surface area contributed by atoms with Gasteiger partial charge in [-0.2, -0.15) is 21.9 Å². The van der Waals surface area contributed by atoms with Gasteiger partial charge in [-0.15, -0.1) is 11.3 Å². The fourth-order valence-electron chi connectivity index (χ4n) is 4.44. The second-order valence-corrected chi connectivity index (χ2v) is 14.4. The number of amides is 1. The first-order chi connectivity index (χ1) is 22.6. The average Bonchev–Trinajstić information content (AvgIpc) is 3.49. The van der Waals surface area contributed by atoms with E-state index in [0.717, 1.165) is 5.06 Å². The van der Waals surface area contributed by atoms with Crippen LogP contribution in [0.3, 0.4) is 0 Å². The van der Waals surface area contributed by atoms with Crippen LogP contribution < -0.4 is 10.5 Å². The number of aldehydes is 1. The van der Waals surface area contributed by atoms with Gasteiger partial charge in [0.1, 0.15) is 21.0 Å². The Balaban J connectivity index is 1.76. The number of anilines is 1. The molecule has 0 saturated carbocycles. The summed E-state index contributed by atoms with van der Waals surface area (Å²) in [6, 6.07) is 6.81. The van der Waals surface area contributed by atoms with Gasteiger partial charge in [-0.1, -0.05) is 6.42 Å². The van der Waals surface area contributed by atoms with E-state index >= 15 is 0 Å². The van der Waals surface area contributed by atoms with Crippen LogP contribution in [0.15, 0.2) is 48.6 Å². The summed E-state index contributed by atoms with van der Waals surface area (Å²) in [5.41, 5.74) is -0.542. The van der Waals surface area contributed by atoms with Gasteiger partial charge in [0, 0.05) is 63.6 Å². The molecule has 0 aliphatic heterocycles. The van der Waals surface area contributed by atoms with E-state index in [1.54, 1.807) is 25.3 Å². The van der Waals surface area contributed by atoms with Crippen LogP contribution in [-0.4, -0.2) is 96.2 Å². The van der Waals surface area contributed by atoms with Crippen molar-refractivity contribution in [2.45, 2.75) is 47.6 Å². The van der Waals surface area contributed by atoms with E-state index in [2.05, 4.69) is 0 Å². The predicted octanol–water partition coefficient (Wildman–Crippen LogP) is 2.94. The lowest BCUT2D eigenvalue weighted by Gasteiger charge is -2.25. The Morgan fingerprint density at radius 1 is 0.958 bits per heavy atom. The Morgan fingerprint density at radius 2 is 1.71 bits per heavy atom. The fourth-order valence-corrected chi connectivity index (χ4v) is 7.37. The Morgan fingerprint density at radius 3 is 2.38 bits per heavy atom. The number of thiophene rings is 1. The van der Waals surface area contributed by atoms with Crippen molar-refractivity contribution in [3.8, 4) is 10.4 Å². The predicted molar refractivity (Wildman–Crippen MR) is 173 cm³/mol. The van der Waals surface area contributed by atoms with Gasteiger partial charge in [0.05, 0.1) is 30.3 Å². The highest BCUT2D eigenvalue weighted by molar-refractivity contribution is 7.89. The molecule has 3 rings (SSSR count). The van der Waals surface area contributed by atoms with Gasteiger partial charge in [0.15, 0.2) is 0 Å². The van der Waals surface area contributed by atoms with Gasteiger partial charge in [0.25, 0.3) is 16.0 Å². The molecule has 0 aliphatic rings. The fraction of sp³-hybridized carbons (Fsp3) is 0.448. The highest BCUT2D eigenvalue weighted by atomic mass is 32.3. The zero-order valence-corrected chi connectivity index (χ0v) is 28.6. The van der Waals surface area contributed by atoms with Crippen molar-refractivity contribution in [1.82, 2.24) is 5.06 Å². The Kier molecular flexibility index (Phi) is 14.2. The molecule has 0 saturated heterocycles. The van der Waals surface area contributed by atoms with Crippen LogP contribution in [0.4, 0.5) is 5.69 Å². The third-order valence-electron chi connectivity index (χ3n) is 6.85. The number of hydrogen-bond acceptors (Lipinski definition) is 14. The molecule has 16 nitrogen and oxygen atoms in total. The molecule has 19 heteroatoms. The number of methoxy groups -OCH3 is 1. The summed E-state index contributed by atoms with van der Waals surface area (Å²) in [5, 5.41) is 1.18. The van der Waals surface area contributed by atoms with Crippen molar-refractivity contribution in [3.63, 3.8) is 0 Å². The summed E-state index contributed by atoms with van der Waals surface area (Å²) in [7, 11) is -6.96. The minimum atomic E-state index is -4.98. The summed E-state index contributed by atoms with van der Waals surface area (Å²) >= 11 is 0.287. The molecule has 0 aliphatic carbocycles. The SMILES string of the molecule is COCCOCCN(CCCCCC(=O)ON(C)C(=O)CCC=O)c1ccc2cc(-c3sc(S(=O)(=O)O)cc3S(=O)(=O)O)c(=O)oc2c1. The minimum Gasteiger partial charge on any atom is -0.422 e. The number of rotatable bonds is 19. The highest BCUT2D eigenvalue weighted by Gasteiger charge is 2.28. The lowest BCUT2D eigenvalue weighted by molar-refractivity contribution is -0.192. The van der Waals surface area contributed by atoms with Crippen molar-refractivity contribution in [3.05, 3.63) is 40.8 Å². The Labute approximate surface area is 280 Å². The molecule has 0 unspecified atom stereocenters. The third kappa shape index (κ3) is 11.2. The second-order valence-electron chi connectivity index (χ2n) is 10.3. The smallest absolute Gasteiger partial charge is 0.345 e. The molecule has 0 spiro atoms. The molecule has 1 amide bonds. The van der Waals surface area contributed by atoms with Gasteiger partial charge in [-0.05, 0) is 37.1 Å². The summed E-state index contributed by atoms with van der Waals surface area (Å²) in [4.78, 5) is 53.1. The largest absolute Gasteiger partial charge is 0.422 e. The maximum atomic E-state index is 13.0. The number of fused-ring (bicyclic) bond motifs is 1. The quantitative estimate of drug-likeness (QED) is 0.0594. The third-order valence-corrected chi connectivity index (χ3v) is 10.3. The van der Waals surface area contributed by atoms with Crippen molar-refractivity contribution in [1.29, 1.82) is 0 Å². The number of hydroxylamine groups is 2. The molecule has 0 fully saturated rings. The van der Waals surface area contributed by atoms with E-state index in [9.17, 15) is 45.1 Å². The molecular formula is C29H36N2O14S3. The van der Waals surface area contributed by atoms with Crippen molar-refractivity contribution < 1.29 is 59.1 Å². The summed E-state index contributed by atoms with van der Waals surface area (Å²) < 4.78 is 81.5. The topological polar surface area (TPSA) is 224 Å². The molecule has 2 N–H and O–H groups in total. The van der Waals surface area contributed by atoms with E-state index in [1.807, 2.05) is 4.90 Å². The summed E-state index contributed by atoms with van der Waals surface area (Å²) in [5.74, 6) is -1.06. The van der Waals surface area contributed by atoms with Crippen molar-refractivity contribution in [2.24, 2.45) is 0 Å². The molecule has 3 aromatic rings. The molecule has 2 aromatic heterocycles. The van der Waals surface area contributed by atoms with Crippen LogP contribution in [0, 0.1) is 0 Å². The maximum absolute atomic E-state index is 13.0. The molecule has 2 heterocycles. The van der Waals surface area contributed by atoms with Crippen molar-refractivity contribution in [2.75, 3.05) is 52.0 Å². The normalized spacial score (nSPS) is 11.8. The number of nitrogens with zero attached hydrogens (tertiary/aromatic N) is 2. The van der Waals surface area contributed by atoms with E-state index in [0.29, 0.717) is 75.6 Å². The number of ether oxygens (including phenoxy) is 2. The maximum Gasteiger partial charge on any atom is 0.345 e. The van der Waals surface area contributed by atoms with Gasteiger partial charge in [0.2, 0.25) is 0 Å². The van der Waals surface area contributed by atoms with Gasteiger partial charge in [-0.25, -0.2) is 9.59 Å². The second kappa shape index (κ2) is 17.6. The minimum absolute atomic E-state index is 0.0342. The molecule has 0 atom stereocenters. The lowest BCUT2D eigenvalue weighted by atomic mass is 10.1. The standard InChI is InChI=1S/C29H36N2O14S3/c1-30(25(33)7-6-13-32)45-26(34)8-4-3-5-11-31(12-14-43-16-15-42-2)21-10-9-20-17-22(29(35)44-23(20)18-21)28-24(47(36,37)38)19-27(46-28)48(39,40)41/h9-10,13,17-19H,3-8,11-12,14-16H2,1-2H3,(H,36,37,38)(H,39,40,41). The molecule has 0 radical (unpaired) electrons. The van der Waals surface area contributed by atoms with Crippen LogP contribution in [-0.2, 0) is 48.9 Å². The summed E-state index contributed by atoms with van der Waals surface area (Å²) in [6.07, 6.45) is 2.42. The first kappa shape index (κ1) is 38.7. The zero-order valence-electron chi connectivity index (χ0n) is 26.2. The monoisotopic (exact) mass is 732 g/mol. The Bertz CT molecular complexity index is 1870. The van der Waals surface area contributed by atoms with E-state index in [1.165, 1.54) is 13.1 Å². The van der Waals surface area contributed by atoms with Crippen LogP contribution in [0.5, 0.6) is 0 Å². The van der Waals surface area contributed by atoms with Crippen LogP contribution in [0.2, 0.25) is 0 Å². The molecule has 0 bridgehead atoms. The average molecular weight is 733 g/mol. The lowest BCUT2D eigenvalue weighted by Crippen LogP contribution is -2.30. The van der Waals surface area contributed by atoms with E-state index in [-0.39, 0.29) is 41.7 Å². The van der Waals surface area contributed by atoms with Crippen molar-refractivity contribution >= 4 is 66.4 Å². The Hall–Kier alpha value is -3.72. The van der Waals surface area contributed by atoms with Gasteiger partial charge in [-0.3, -0.25) is 13.9 Å². The number of unbranched alkanes of at least 4 members (excludes halogenated alkanes) is 2. The van der Waals surface area contributed by atoms with E-state index < -0.39 is 51.7 Å². The zero-order chi connectivity index (χ0) is 35.5. The summed E-state index contributed by atoms with van der Waals surface area (Å²) in [6.45, 7) is 2.09. The molecule has 48 heavy (non-hydrogen) atoms. The van der Waals surface area contributed by atoms with Crippen LogP contribution in [0.1, 0.15) is 38.5 Å². The highest BCUT2D eigenvalue weighted by Crippen LogP contribution is 2.37. The first-order valence-electron chi connectivity index (χ1n) is 14.6. The van der Waals surface area contributed by atoms with Crippen LogP contribution >= 0.6 is 11.3 Å². The number of hydrogen-bond donors (Lipinski definition) is 2. The molecule has 1 aromatic carbocycles.